The van der Waals surface area contributed by atoms with Crippen LogP contribution in [0.3, 0.4) is 0 Å². The second kappa shape index (κ2) is 6.89. The summed E-state index contributed by atoms with van der Waals surface area (Å²) >= 11 is 1.48. The van der Waals surface area contributed by atoms with E-state index in [1.165, 1.54) is 17.4 Å². The second-order valence-electron chi connectivity index (χ2n) is 5.14. The normalized spacial score (nSPS) is 11.1. The first-order chi connectivity index (χ1) is 11.1. The van der Waals surface area contributed by atoms with E-state index >= 15 is 0 Å². The first-order valence-electron chi connectivity index (χ1n) is 6.96. The Balaban J connectivity index is 1.65. The molecule has 0 spiro atoms. The minimum absolute atomic E-state index is 0.506. The van der Waals surface area contributed by atoms with E-state index in [4.69, 9.17) is 0 Å². The Morgan fingerprint density at radius 1 is 1.09 bits per heavy atom. The molecule has 4 nitrogen and oxygen atoms in total. The van der Waals surface area contributed by atoms with E-state index in [-0.39, 0.29) is 0 Å². The summed E-state index contributed by atoms with van der Waals surface area (Å²) in [4.78, 5) is 14.8. The van der Waals surface area contributed by atoms with E-state index in [0.717, 1.165) is 16.8 Å². The highest BCUT2D eigenvalue weighted by molar-refractivity contribution is 7.13. The molecule has 0 aliphatic heterocycles. The Labute approximate surface area is 136 Å². The number of hydrogen-bond donors (Lipinski definition) is 0. The van der Waals surface area contributed by atoms with E-state index in [1.54, 1.807) is 24.5 Å². The fourth-order valence-electron chi connectivity index (χ4n) is 2.17. The number of nitrogens with zero attached hydrogens (tertiary/aromatic N) is 4. The van der Waals surface area contributed by atoms with Crippen molar-refractivity contribution in [2.45, 2.75) is 13.1 Å². The van der Waals surface area contributed by atoms with Gasteiger partial charge in [-0.3, -0.25) is 4.90 Å². The van der Waals surface area contributed by atoms with Crippen LogP contribution in [0.2, 0.25) is 0 Å². The maximum atomic E-state index is 13.2. The summed E-state index contributed by atoms with van der Waals surface area (Å²) in [7, 11) is 1.90. The summed E-state index contributed by atoms with van der Waals surface area (Å²) in [5.74, 6) is -1.05. The second-order valence-corrected chi connectivity index (χ2v) is 6.00. The van der Waals surface area contributed by atoms with Crippen LogP contribution >= 0.6 is 11.3 Å². The molecule has 0 N–H and O–H groups in total. The molecule has 0 aliphatic rings. The van der Waals surface area contributed by atoms with Crippen LogP contribution in [-0.2, 0) is 13.1 Å². The van der Waals surface area contributed by atoms with Crippen molar-refractivity contribution < 1.29 is 8.78 Å². The van der Waals surface area contributed by atoms with Crippen molar-refractivity contribution in [3.8, 4) is 10.8 Å². The molecular weight excluding hydrogens is 318 g/mol. The topological polar surface area (TPSA) is 41.9 Å². The van der Waals surface area contributed by atoms with Crippen LogP contribution in [0.15, 0.2) is 42.0 Å². The number of rotatable bonds is 5. The molecule has 7 heteroatoms. The molecule has 0 fully saturated rings. The number of halogens is 2. The third-order valence-corrected chi connectivity index (χ3v) is 4.06. The lowest BCUT2D eigenvalue weighted by Crippen LogP contribution is -2.17. The minimum Gasteiger partial charge on any atom is -0.296 e. The summed E-state index contributed by atoms with van der Waals surface area (Å²) < 4.78 is 26.2. The Morgan fingerprint density at radius 3 is 2.61 bits per heavy atom. The highest BCUT2D eigenvalue weighted by Gasteiger charge is 2.10. The summed E-state index contributed by atoms with van der Waals surface area (Å²) in [6.07, 6.45) is 3.36. The van der Waals surface area contributed by atoms with Gasteiger partial charge in [0.25, 0.3) is 0 Å². The average Bonchev–Trinajstić information content (AvgIpc) is 3.00. The fourth-order valence-corrected chi connectivity index (χ4v) is 2.93. The zero-order chi connectivity index (χ0) is 16.2. The molecule has 1 aromatic carbocycles. The van der Waals surface area contributed by atoms with Crippen LogP contribution in [0.5, 0.6) is 0 Å². The van der Waals surface area contributed by atoms with Gasteiger partial charge in [-0.05, 0) is 30.8 Å². The van der Waals surface area contributed by atoms with Crippen LogP contribution < -0.4 is 0 Å². The van der Waals surface area contributed by atoms with Crippen molar-refractivity contribution in [2.75, 3.05) is 7.05 Å². The zero-order valence-electron chi connectivity index (χ0n) is 12.4. The molecule has 0 saturated heterocycles. The van der Waals surface area contributed by atoms with Gasteiger partial charge in [0.1, 0.15) is 0 Å². The first-order valence-corrected chi connectivity index (χ1v) is 7.84. The molecule has 0 atom stereocenters. The molecule has 3 rings (SSSR count). The Morgan fingerprint density at radius 2 is 1.87 bits per heavy atom. The fraction of sp³-hybridized carbons (Fsp3) is 0.188. The van der Waals surface area contributed by atoms with Gasteiger partial charge in [-0.1, -0.05) is 6.07 Å². The predicted octanol–water partition coefficient (Wildman–Crippen LogP) is 3.51. The number of aromatic nitrogens is 3. The number of benzene rings is 1. The lowest BCUT2D eigenvalue weighted by molar-refractivity contribution is 0.315. The van der Waals surface area contributed by atoms with Crippen molar-refractivity contribution in [1.29, 1.82) is 0 Å². The van der Waals surface area contributed by atoms with Gasteiger partial charge in [0.2, 0.25) is 0 Å². The molecule has 0 unspecified atom stereocenters. The molecular formula is C16H14F2N4S. The van der Waals surface area contributed by atoms with Crippen molar-refractivity contribution in [3.05, 3.63) is 64.9 Å². The van der Waals surface area contributed by atoms with E-state index in [1.807, 2.05) is 17.3 Å². The highest BCUT2D eigenvalue weighted by atomic mass is 32.1. The minimum atomic E-state index is -0.830. The van der Waals surface area contributed by atoms with Crippen LogP contribution in [0.4, 0.5) is 8.78 Å². The molecule has 3 aromatic rings. The maximum Gasteiger partial charge on any atom is 0.188 e. The molecule has 23 heavy (non-hydrogen) atoms. The standard InChI is InChI=1S/C16H14F2N4S/c1-22(8-11-3-4-13(17)14(18)7-11)9-12-10-23-16(21-12)15-19-5-2-6-20-15/h2-7,10H,8-9H2,1H3. The predicted molar refractivity (Wildman–Crippen MR) is 84.7 cm³/mol. The molecule has 0 radical (unpaired) electrons. The third kappa shape index (κ3) is 3.94. The molecule has 0 bridgehead atoms. The van der Waals surface area contributed by atoms with Gasteiger partial charge >= 0.3 is 0 Å². The molecule has 0 amide bonds. The molecule has 0 aliphatic carbocycles. The van der Waals surface area contributed by atoms with Crippen LogP contribution in [-0.4, -0.2) is 26.9 Å². The van der Waals surface area contributed by atoms with Crippen molar-refractivity contribution in [2.24, 2.45) is 0 Å². The zero-order valence-corrected chi connectivity index (χ0v) is 13.2. The largest absolute Gasteiger partial charge is 0.296 e. The summed E-state index contributed by atoms with van der Waals surface area (Å²) in [6, 6.07) is 5.70. The van der Waals surface area contributed by atoms with Gasteiger partial charge in [-0.15, -0.1) is 11.3 Å². The lowest BCUT2D eigenvalue weighted by Gasteiger charge is -2.15. The van der Waals surface area contributed by atoms with Crippen LogP contribution in [0.25, 0.3) is 10.8 Å². The maximum absolute atomic E-state index is 13.2. The molecule has 0 saturated carbocycles. The smallest absolute Gasteiger partial charge is 0.188 e. The SMILES string of the molecule is CN(Cc1ccc(F)c(F)c1)Cc1csc(-c2ncccn2)n1. The van der Waals surface area contributed by atoms with Crippen molar-refractivity contribution >= 4 is 11.3 Å². The van der Waals surface area contributed by atoms with E-state index in [9.17, 15) is 8.78 Å². The van der Waals surface area contributed by atoms with Gasteiger partial charge < -0.3 is 0 Å². The third-order valence-electron chi connectivity index (χ3n) is 3.18. The molecule has 2 aromatic heterocycles. The Bertz CT molecular complexity index is 792. The summed E-state index contributed by atoms with van der Waals surface area (Å²) in [6.45, 7) is 1.11. The van der Waals surface area contributed by atoms with E-state index in [2.05, 4.69) is 15.0 Å². The number of thiazole rings is 1. The van der Waals surface area contributed by atoms with E-state index < -0.39 is 11.6 Å². The summed E-state index contributed by atoms with van der Waals surface area (Å²) in [5.41, 5.74) is 1.61. The molecule has 118 valence electrons. The quantitative estimate of drug-likeness (QED) is 0.717. The molecule has 2 heterocycles. The van der Waals surface area contributed by atoms with Gasteiger partial charge in [-0.2, -0.15) is 0 Å². The summed E-state index contributed by atoms with van der Waals surface area (Å²) in [5, 5.41) is 2.72. The van der Waals surface area contributed by atoms with Crippen molar-refractivity contribution in [1.82, 2.24) is 19.9 Å². The van der Waals surface area contributed by atoms with Crippen LogP contribution in [0, 0.1) is 11.6 Å². The highest BCUT2D eigenvalue weighted by Crippen LogP contribution is 2.20. The van der Waals surface area contributed by atoms with Crippen molar-refractivity contribution in [3.63, 3.8) is 0 Å². The monoisotopic (exact) mass is 332 g/mol. The Kier molecular flexibility index (Phi) is 4.68. The van der Waals surface area contributed by atoms with Gasteiger partial charge in [-0.25, -0.2) is 23.7 Å². The average molecular weight is 332 g/mol. The van der Waals surface area contributed by atoms with E-state index in [0.29, 0.717) is 24.5 Å². The van der Waals surface area contributed by atoms with Gasteiger partial charge in [0.15, 0.2) is 22.5 Å². The first kappa shape index (κ1) is 15.6. The Hall–Kier alpha value is -2.25. The van der Waals surface area contributed by atoms with Crippen LogP contribution in [0.1, 0.15) is 11.3 Å². The van der Waals surface area contributed by atoms with Gasteiger partial charge in [0, 0.05) is 30.9 Å². The van der Waals surface area contributed by atoms with Gasteiger partial charge in [0.05, 0.1) is 5.69 Å². The number of hydrogen-bond acceptors (Lipinski definition) is 5. The lowest BCUT2D eigenvalue weighted by atomic mass is 10.2.